The summed E-state index contributed by atoms with van der Waals surface area (Å²) in [6.45, 7) is 10.3. The molecule has 6 nitrogen and oxygen atoms in total. The Kier molecular flexibility index (Phi) is 5.68. The van der Waals surface area contributed by atoms with Gasteiger partial charge in [0.15, 0.2) is 0 Å². The number of rotatable bonds is 3. The third-order valence-electron chi connectivity index (χ3n) is 5.03. The van der Waals surface area contributed by atoms with E-state index < -0.39 is 0 Å². The lowest BCUT2D eigenvalue weighted by Crippen LogP contribution is -2.50. The van der Waals surface area contributed by atoms with E-state index in [1.807, 2.05) is 18.2 Å². The Balaban J connectivity index is 1.67. The number of hydrogen-bond donors (Lipinski definition) is 1. The molecule has 28 heavy (non-hydrogen) atoms. The topological polar surface area (TPSA) is 65.5 Å². The highest BCUT2D eigenvalue weighted by Gasteiger charge is 2.24. The Bertz CT molecular complexity index is 848. The number of nitrogens with zero attached hydrogens (tertiary/aromatic N) is 3. The van der Waals surface area contributed by atoms with Gasteiger partial charge in [-0.1, -0.05) is 32.9 Å². The zero-order valence-corrected chi connectivity index (χ0v) is 17.0. The minimum absolute atomic E-state index is 0.0499. The smallest absolute Gasteiger partial charge is 0.272 e. The second-order valence-electron chi connectivity index (χ2n) is 8.18. The van der Waals surface area contributed by atoms with Gasteiger partial charge in [0.2, 0.25) is 5.91 Å². The van der Waals surface area contributed by atoms with E-state index in [9.17, 15) is 9.59 Å². The normalized spacial score (nSPS) is 14.7. The van der Waals surface area contributed by atoms with Crippen molar-refractivity contribution in [3.63, 3.8) is 0 Å². The van der Waals surface area contributed by atoms with Gasteiger partial charge in [0.05, 0.1) is 0 Å². The average molecular weight is 380 g/mol. The molecule has 2 aromatic rings. The number of carbonyl (C=O) groups excluding carboxylic acids is 2. The van der Waals surface area contributed by atoms with Crippen molar-refractivity contribution in [1.29, 1.82) is 0 Å². The molecule has 1 fully saturated rings. The third kappa shape index (κ3) is 4.68. The highest BCUT2D eigenvalue weighted by Crippen LogP contribution is 2.25. The van der Waals surface area contributed by atoms with Gasteiger partial charge in [0.25, 0.3) is 5.91 Å². The van der Waals surface area contributed by atoms with E-state index in [1.165, 1.54) is 5.56 Å². The summed E-state index contributed by atoms with van der Waals surface area (Å²) < 4.78 is 0. The molecular weight excluding hydrogens is 352 g/mol. The minimum atomic E-state index is -0.102. The molecule has 2 amide bonds. The third-order valence-corrected chi connectivity index (χ3v) is 5.03. The predicted octanol–water partition coefficient (Wildman–Crippen LogP) is 3.43. The second-order valence-corrected chi connectivity index (χ2v) is 8.18. The van der Waals surface area contributed by atoms with Crippen molar-refractivity contribution in [2.24, 2.45) is 0 Å². The fourth-order valence-corrected chi connectivity index (χ4v) is 3.23. The van der Waals surface area contributed by atoms with Crippen molar-refractivity contribution in [2.75, 3.05) is 31.5 Å². The molecule has 1 aliphatic rings. The molecule has 1 N–H and O–H groups in total. The molecule has 2 heterocycles. The van der Waals surface area contributed by atoms with Gasteiger partial charge in [-0.25, -0.2) is 0 Å². The Morgan fingerprint density at radius 1 is 0.929 bits per heavy atom. The van der Waals surface area contributed by atoms with Gasteiger partial charge in [-0.2, -0.15) is 0 Å². The van der Waals surface area contributed by atoms with Crippen LogP contribution in [0.1, 0.15) is 43.7 Å². The summed E-state index contributed by atoms with van der Waals surface area (Å²) in [5, 5.41) is 3.34. The van der Waals surface area contributed by atoms with Gasteiger partial charge in [-0.05, 0) is 35.2 Å². The Hall–Kier alpha value is -2.89. The number of nitrogens with one attached hydrogen (secondary N) is 1. The molecule has 0 radical (unpaired) electrons. The maximum absolute atomic E-state index is 12.8. The van der Waals surface area contributed by atoms with E-state index in [0.29, 0.717) is 31.9 Å². The molecule has 0 spiro atoms. The van der Waals surface area contributed by atoms with Crippen LogP contribution in [0.25, 0.3) is 0 Å². The fourth-order valence-electron chi connectivity index (χ4n) is 3.23. The van der Waals surface area contributed by atoms with Crippen LogP contribution in [0.3, 0.4) is 0 Å². The van der Waals surface area contributed by atoms with E-state index >= 15 is 0 Å². The largest absolute Gasteiger partial charge is 0.355 e. The van der Waals surface area contributed by atoms with Gasteiger partial charge in [0.1, 0.15) is 5.69 Å². The van der Waals surface area contributed by atoms with Crippen molar-refractivity contribution >= 4 is 23.2 Å². The first kappa shape index (κ1) is 19.9. The standard InChI is InChI=1S/C22H28N4O2/c1-16(27)25-11-13-26(14-12-25)21(28)20-15-19(9-10-23-20)24-18-7-5-17(6-8-18)22(2,3)4/h5-10,15H,11-14H2,1-4H3,(H,23,24). The van der Waals surface area contributed by atoms with Gasteiger partial charge < -0.3 is 15.1 Å². The van der Waals surface area contributed by atoms with Crippen LogP contribution in [0.5, 0.6) is 0 Å². The summed E-state index contributed by atoms with van der Waals surface area (Å²) in [6, 6.07) is 11.9. The number of carbonyl (C=O) groups is 2. The van der Waals surface area contributed by atoms with E-state index in [4.69, 9.17) is 0 Å². The van der Waals surface area contributed by atoms with Crippen LogP contribution in [-0.4, -0.2) is 52.8 Å². The molecule has 0 bridgehead atoms. The molecule has 1 aromatic heterocycles. The maximum Gasteiger partial charge on any atom is 0.272 e. The zero-order valence-electron chi connectivity index (χ0n) is 17.0. The first-order valence-electron chi connectivity index (χ1n) is 9.62. The summed E-state index contributed by atoms with van der Waals surface area (Å²) in [7, 11) is 0. The molecule has 1 aliphatic heterocycles. The molecule has 3 rings (SSSR count). The first-order valence-corrected chi connectivity index (χ1v) is 9.62. The molecule has 1 saturated heterocycles. The highest BCUT2D eigenvalue weighted by molar-refractivity contribution is 5.93. The van der Waals surface area contributed by atoms with Crippen molar-refractivity contribution in [2.45, 2.75) is 33.1 Å². The fraction of sp³-hybridized carbons (Fsp3) is 0.409. The van der Waals surface area contributed by atoms with Gasteiger partial charge in [-0.3, -0.25) is 14.6 Å². The van der Waals surface area contributed by atoms with Crippen molar-refractivity contribution < 1.29 is 9.59 Å². The van der Waals surface area contributed by atoms with Crippen LogP contribution >= 0.6 is 0 Å². The van der Waals surface area contributed by atoms with Crippen molar-refractivity contribution in [3.8, 4) is 0 Å². The van der Waals surface area contributed by atoms with Crippen molar-refractivity contribution in [3.05, 3.63) is 53.9 Å². The molecule has 1 aromatic carbocycles. The SMILES string of the molecule is CC(=O)N1CCN(C(=O)c2cc(Nc3ccc(C(C)(C)C)cc3)ccn2)CC1. The maximum atomic E-state index is 12.8. The van der Waals surface area contributed by atoms with E-state index in [1.54, 1.807) is 29.0 Å². The second kappa shape index (κ2) is 8.00. The van der Waals surface area contributed by atoms with Crippen molar-refractivity contribution in [1.82, 2.24) is 14.8 Å². The lowest BCUT2D eigenvalue weighted by atomic mass is 9.87. The Morgan fingerprint density at radius 3 is 2.11 bits per heavy atom. The lowest BCUT2D eigenvalue weighted by Gasteiger charge is -2.34. The van der Waals surface area contributed by atoms with E-state index in [-0.39, 0.29) is 17.2 Å². The number of aromatic nitrogens is 1. The predicted molar refractivity (Wildman–Crippen MR) is 111 cm³/mol. The number of piperazine rings is 1. The molecule has 0 atom stereocenters. The molecule has 0 saturated carbocycles. The number of anilines is 2. The highest BCUT2D eigenvalue weighted by atomic mass is 16.2. The summed E-state index contributed by atoms with van der Waals surface area (Å²) >= 11 is 0. The molecule has 148 valence electrons. The Labute approximate surface area is 166 Å². The number of pyridine rings is 1. The molecule has 0 unspecified atom stereocenters. The van der Waals surface area contributed by atoms with Crippen LogP contribution in [0.4, 0.5) is 11.4 Å². The summed E-state index contributed by atoms with van der Waals surface area (Å²) in [5.74, 6) is -0.0520. The van der Waals surface area contributed by atoms with Gasteiger partial charge in [-0.15, -0.1) is 0 Å². The number of benzene rings is 1. The monoisotopic (exact) mass is 380 g/mol. The van der Waals surface area contributed by atoms with Gasteiger partial charge >= 0.3 is 0 Å². The molecular formula is C22H28N4O2. The summed E-state index contributed by atoms with van der Waals surface area (Å²) in [6.07, 6.45) is 1.64. The average Bonchev–Trinajstić information content (AvgIpc) is 2.67. The van der Waals surface area contributed by atoms with Crippen LogP contribution in [0, 0.1) is 0 Å². The first-order chi connectivity index (χ1) is 13.2. The minimum Gasteiger partial charge on any atom is -0.355 e. The van der Waals surface area contributed by atoms with Crippen LogP contribution < -0.4 is 5.32 Å². The summed E-state index contributed by atoms with van der Waals surface area (Å²) in [4.78, 5) is 32.0. The van der Waals surface area contributed by atoms with Crippen LogP contribution in [0.15, 0.2) is 42.6 Å². The number of amides is 2. The van der Waals surface area contributed by atoms with Gasteiger partial charge in [0, 0.05) is 50.7 Å². The number of hydrogen-bond acceptors (Lipinski definition) is 4. The quantitative estimate of drug-likeness (QED) is 0.886. The summed E-state index contributed by atoms with van der Waals surface area (Å²) in [5.41, 5.74) is 3.58. The lowest BCUT2D eigenvalue weighted by molar-refractivity contribution is -0.130. The van der Waals surface area contributed by atoms with E-state index in [2.05, 4.69) is 43.2 Å². The van der Waals surface area contributed by atoms with Crippen LogP contribution in [-0.2, 0) is 10.2 Å². The molecule has 6 heteroatoms. The van der Waals surface area contributed by atoms with E-state index in [0.717, 1.165) is 11.4 Å². The zero-order chi connectivity index (χ0) is 20.3. The van der Waals surface area contributed by atoms with Crippen LogP contribution in [0.2, 0.25) is 0 Å². The Morgan fingerprint density at radius 2 is 1.54 bits per heavy atom. The molecule has 0 aliphatic carbocycles.